The molecular formula is C27H35N7O4. The minimum Gasteiger partial charge on any atom is -0.491 e. The van der Waals surface area contributed by atoms with Crippen molar-refractivity contribution >= 4 is 23.6 Å². The van der Waals surface area contributed by atoms with Crippen LogP contribution in [0.4, 0.5) is 10.6 Å². The lowest BCUT2D eigenvalue weighted by Gasteiger charge is -2.33. The highest BCUT2D eigenvalue weighted by atomic mass is 16.6. The highest BCUT2D eigenvalue weighted by molar-refractivity contribution is 5.85. The van der Waals surface area contributed by atoms with Crippen molar-refractivity contribution in [2.24, 2.45) is 0 Å². The van der Waals surface area contributed by atoms with Gasteiger partial charge in [-0.05, 0) is 64.7 Å². The molecule has 11 nitrogen and oxygen atoms in total. The molecule has 1 fully saturated rings. The number of alkyl carbamates (subject to hydrolysis) is 1. The van der Waals surface area contributed by atoms with Crippen LogP contribution in [0.5, 0.6) is 5.75 Å². The average molecular weight is 522 g/mol. The number of aromatic nitrogens is 4. The number of carbonyl (C=O) groups excluding carboxylic acids is 2. The second-order valence-corrected chi connectivity index (χ2v) is 10.8. The fourth-order valence-corrected chi connectivity index (χ4v) is 5.13. The van der Waals surface area contributed by atoms with E-state index in [9.17, 15) is 9.59 Å². The minimum absolute atomic E-state index is 0.146. The Bertz CT molecular complexity index is 1320. The fourth-order valence-electron chi connectivity index (χ4n) is 5.13. The van der Waals surface area contributed by atoms with Crippen LogP contribution >= 0.6 is 0 Å². The quantitative estimate of drug-likeness (QED) is 0.527. The number of hydrogen-bond donors (Lipinski definition) is 1. The van der Waals surface area contributed by atoms with E-state index in [1.807, 2.05) is 18.2 Å². The van der Waals surface area contributed by atoms with E-state index in [0.717, 1.165) is 42.9 Å². The van der Waals surface area contributed by atoms with Crippen molar-refractivity contribution in [3.8, 4) is 5.75 Å². The van der Waals surface area contributed by atoms with Gasteiger partial charge in [0.25, 0.3) is 5.78 Å². The second kappa shape index (κ2) is 10.5. The molecule has 4 heterocycles. The van der Waals surface area contributed by atoms with E-state index >= 15 is 0 Å². The zero-order chi connectivity index (χ0) is 26.9. The standard InChI is InChI=1S/C27H35N7O4/c1-18(31-26(36)38-27(2,3)4)24(35)32-14-11-19-7-5-9-22(21(19)15-32)37-16-20-8-6-13-33(20)23-10-12-28-25-29-17-30-34(23)25/h5,7,9-10,12,17-18,20H,6,8,11,13-16H2,1-4H3,(H,31,36)/t18?,20-/m1/s1. The molecule has 1 saturated heterocycles. The lowest BCUT2D eigenvalue weighted by Crippen LogP contribution is -2.49. The summed E-state index contributed by atoms with van der Waals surface area (Å²) in [4.78, 5) is 37.9. The van der Waals surface area contributed by atoms with E-state index in [-0.39, 0.29) is 11.9 Å². The lowest BCUT2D eigenvalue weighted by molar-refractivity contribution is -0.134. The molecule has 3 aromatic rings. The first-order valence-corrected chi connectivity index (χ1v) is 13.1. The molecule has 1 aromatic carbocycles. The number of ether oxygens (including phenoxy) is 2. The number of amides is 2. The lowest BCUT2D eigenvalue weighted by atomic mass is 9.98. The van der Waals surface area contributed by atoms with Crippen molar-refractivity contribution in [1.29, 1.82) is 0 Å². The first-order valence-electron chi connectivity index (χ1n) is 13.1. The summed E-state index contributed by atoms with van der Waals surface area (Å²) < 4.78 is 13.5. The average Bonchev–Trinajstić information content (AvgIpc) is 3.55. The molecule has 38 heavy (non-hydrogen) atoms. The molecule has 2 aliphatic heterocycles. The number of hydrogen-bond acceptors (Lipinski definition) is 8. The van der Waals surface area contributed by atoms with Crippen LogP contribution in [-0.4, -0.2) is 73.9 Å². The van der Waals surface area contributed by atoms with Crippen molar-refractivity contribution in [3.05, 3.63) is 47.9 Å². The van der Waals surface area contributed by atoms with Crippen LogP contribution in [-0.2, 0) is 22.5 Å². The van der Waals surface area contributed by atoms with Gasteiger partial charge in [0, 0.05) is 31.4 Å². The molecule has 2 amide bonds. The number of benzene rings is 1. The van der Waals surface area contributed by atoms with E-state index in [0.29, 0.717) is 25.5 Å². The van der Waals surface area contributed by atoms with Crippen LogP contribution in [0, 0.1) is 0 Å². The Morgan fingerprint density at radius 3 is 2.84 bits per heavy atom. The van der Waals surface area contributed by atoms with Gasteiger partial charge in [-0.3, -0.25) is 4.79 Å². The van der Waals surface area contributed by atoms with Gasteiger partial charge in [-0.2, -0.15) is 14.6 Å². The predicted molar refractivity (Wildman–Crippen MR) is 141 cm³/mol. The third kappa shape index (κ3) is 5.51. The topological polar surface area (TPSA) is 114 Å². The Balaban J connectivity index is 1.25. The summed E-state index contributed by atoms with van der Waals surface area (Å²) in [5, 5.41) is 7.00. The molecule has 0 aliphatic carbocycles. The summed E-state index contributed by atoms with van der Waals surface area (Å²) in [6, 6.07) is 7.51. The smallest absolute Gasteiger partial charge is 0.408 e. The van der Waals surface area contributed by atoms with Crippen molar-refractivity contribution in [2.45, 2.75) is 71.2 Å². The summed E-state index contributed by atoms with van der Waals surface area (Å²) in [5.74, 6) is 2.18. The number of rotatable bonds is 6. The normalized spacial score (nSPS) is 18.3. The molecule has 202 valence electrons. The van der Waals surface area contributed by atoms with Gasteiger partial charge in [-0.15, -0.1) is 0 Å². The van der Waals surface area contributed by atoms with E-state index in [1.165, 1.54) is 11.9 Å². The summed E-state index contributed by atoms with van der Waals surface area (Å²) in [5.41, 5.74) is 1.57. The second-order valence-electron chi connectivity index (χ2n) is 10.8. The van der Waals surface area contributed by atoms with Crippen molar-refractivity contribution in [1.82, 2.24) is 29.8 Å². The maximum atomic E-state index is 13.2. The number of nitrogens with one attached hydrogen (secondary N) is 1. The molecule has 1 N–H and O–H groups in total. The molecule has 2 atom stereocenters. The van der Waals surface area contributed by atoms with Gasteiger partial charge in [0.1, 0.15) is 36.1 Å². The summed E-state index contributed by atoms with van der Waals surface area (Å²) in [6.07, 6.45) is 5.47. The molecule has 5 rings (SSSR count). The summed E-state index contributed by atoms with van der Waals surface area (Å²) >= 11 is 0. The third-order valence-corrected chi connectivity index (χ3v) is 6.91. The number of nitrogens with zero attached hydrogens (tertiary/aromatic N) is 6. The van der Waals surface area contributed by atoms with Crippen LogP contribution in [0.2, 0.25) is 0 Å². The van der Waals surface area contributed by atoms with Crippen LogP contribution in [0.25, 0.3) is 5.78 Å². The van der Waals surface area contributed by atoms with Gasteiger partial charge in [0.2, 0.25) is 5.91 Å². The Hall–Kier alpha value is -3.89. The Kier molecular flexibility index (Phi) is 7.09. The Morgan fingerprint density at radius 1 is 1.18 bits per heavy atom. The first kappa shape index (κ1) is 25.7. The number of carbonyl (C=O) groups is 2. The molecule has 0 spiro atoms. The zero-order valence-corrected chi connectivity index (χ0v) is 22.4. The minimum atomic E-state index is -0.694. The molecule has 2 aromatic heterocycles. The molecule has 0 saturated carbocycles. The maximum absolute atomic E-state index is 13.2. The van der Waals surface area contributed by atoms with Gasteiger partial charge >= 0.3 is 6.09 Å². The highest BCUT2D eigenvalue weighted by Crippen LogP contribution is 2.31. The largest absolute Gasteiger partial charge is 0.491 e. The predicted octanol–water partition coefficient (Wildman–Crippen LogP) is 2.97. The van der Waals surface area contributed by atoms with Crippen LogP contribution in [0.1, 0.15) is 51.7 Å². The first-order chi connectivity index (χ1) is 18.2. The molecule has 11 heteroatoms. The molecular weight excluding hydrogens is 486 g/mol. The van der Waals surface area contributed by atoms with Crippen molar-refractivity contribution in [3.63, 3.8) is 0 Å². The van der Waals surface area contributed by atoms with Gasteiger partial charge in [-0.25, -0.2) is 9.78 Å². The Morgan fingerprint density at radius 2 is 2.03 bits per heavy atom. The van der Waals surface area contributed by atoms with E-state index < -0.39 is 17.7 Å². The van der Waals surface area contributed by atoms with Crippen LogP contribution in [0.3, 0.4) is 0 Å². The zero-order valence-electron chi connectivity index (χ0n) is 22.4. The van der Waals surface area contributed by atoms with Crippen molar-refractivity contribution in [2.75, 3.05) is 24.6 Å². The van der Waals surface area contributed by atoms with Gasteiger partial charge in [-0.1, -0.05) is 12.1 Å². The SMILES string of the molecule is CC(NC(=O)OC(C)(C)C)C(=O)N1CCc2cccc(OC[C@H]3CCCN3c3ccnc4ncnn34)c2C1. The molecule has 0 bridgehead atoms. The monoisotopic (exact) mass is 521 g/mol. The maximum Gasteiger partial charge on any atom is 0.408 e. The van der Waals surface area contributed by atoms with Gasteiger partial charge in [0.15, 0.2) is 0 Å². The number of anilines is 1. The van der Waals surface area contributed by atoms with Crippen LogP contribution < -0.4 is 15.0 Å². The molecule has 0 radical (unpaired) electrons. The van der Waals surface area contributed by atoms with E-state index in [2.05, 4.69) is 31.3 Å². The summed E-state index contributed by atoms with van der Waals surface area (Å²) in [6.45, 7) is 9.50. The highest BCUT2D eigenvalue weighted by Gasteiger charge is 2.30. The molecule has 2 aliphatic rings. The third-order valence-electron chi connectivity index (χ3n) is 6.91. The van der Waals surface area contributed by atoms with Gasteiger partial charge < -0.3 is 24.6 Å². The fraction of sp³-hybridized carbons (Fsp3) is 0.519. The van der Waals surface area contributed by atoms with E-state index in [1.54, 1.807) is 43.3 Å². The van der Waals surface area contributed by atoms with Crippen molar-refractivity contribution < 1.29 is 19.1 Å². The van der Waals surface area contributed by atoms with E-state index in [4.69, 9.17) is 9.47 Å². The molecule has 1 unspecified atom stereocenters. The number of fused-ring (bicyclic) bond motifs is 2. The Labute approximate surface area is 222 Å². The van der Waals surface area contributed by atoms with Gasteiger partial charge in [0.05, 0.1) is 6.04 Å². The van der Waals surface area contributed by atoms with Crippen LogP contribution in [0.15, 0.2) is 36.8 Å². The summed E-state index contributed by atoms with van der Waals surface area (Å²) in [7, 11) is 0.